The molecule has 1 aromatic carbocycles. The second-order valence-electron chi connectivity index (χ2n) is 9.58. The summed E-state index contributed by atoms with van der Waals surface area (Å²) in [5, 5.41) is 10.5. The monoisotopic (exact) mass is 456 g/mol. The Balaban J connectivity index is 1.26. The Labute approximate surface area is 197 Å². The first-order valence-electron chi connectivity index (χ1n) is 13.0. The number of para-hydroxylation sites is 1. The first-order valence-corrected chi connectivity index (χ1v) is 13.0. The van der Waals surface area contributed by atoms with Crippen molar-refractivity contribution in [3.05, 3.63) is 35.6 Å². The van der Waals surface area contributed by atoms with Gasteiger partial charge in [-0.25, -0.2) is 0 Å². The number of amides is 1. The normalized spacial score (nSPS) is 20.5. The van der Waals surface area contributed by atoms with Crippen molar-refractivity contribution in [1.29, 1.82) is 0 Å². The van der Waals surface area contributed by atoms with Crippen LogP contribution in [0.5, 0.6) is 0 Å². The summed E-state index contributed by atoms with van der Waals surface area (Å²) >= 11 is 0. The van der Waals surface area contributed by atoms with Crippen molar-refractivity contribution in [2.75, 3.05) is 39.4 Å². The van der Waals surface area contributed by atoms with Gasteiger partial charge in [-0.15, -0.1) is 0 Å². The summed E-state index contributed by atoms with van der Waals surface area (Å²) in [5.41, 5.74) is 1.57. The number of aryl methyl sites for hydroxylation is 1. The van der Waals surface area contributed by atoms with Gasteiger partial charge in [-0.05, 0) is 51.1 Å². The Morgan fingerprint density at radius 3 is 2.73 bits per heavy atom. The third-order valence-corrected chi connectivity index (χ3v) is 7.27. The van der Waals surface area contributed by atoms with Crippen molar-refractivity contribution in [2.45, 2.75) is 76.9 Å². The molecule has 182 valence electrons. The summed E-state index contributed by atoms with van der Waals surface area (Å²) in [4.78, 5) is 17.9. The quantitative estimate of drug-likeness (QED) is 0.528. The van der Waals surface area contributed by atoms with E-state index in [0.717, 1.165) is 100 Å². The van der Waals surface area contributed by atoms with Crippen LogP contribution >= 0.6 is 0 Å². The van der Waals surface area contributed by atoms with Crippen LogP contribution in [0.2, 0.25) is 0 Å². The van der Waals surface area contributed by atoms with Crippen LogP contribution in [0.15, 0.2) is 28.7 Å². The average molecular weight is 457 g/mol. The summed E-state index contributed by atoms with van der Waals surface area (Å²) in [6, 6.07) is 8.22. The molecule has 33 heavy (non-hydrogen) atoms. The van der Waals surface area contributed by atoms with Crippen LogP contribution < -0.4 is 0 Å². The number of benzene rings is 1. The number of carbonyl (C=O) groups is 1. The third kappa shape index (κ3) is 5.97. The van der Waals surface area contributed by atoms with Crippen LogP contribution in [0.4, 0.5) is 0 Å². The molecule has 0 radical (unpaired) electrons. The number of furan rings is 1. The van der Waals surface area contributed by atoms with Crippen molar-refractivity contribution in [1.82, 2.24) is 9.80 Å². The Kier molecular flexibility index (Phi) is 8.82. The van der Waals surface area contributed by atoms with Gasteiger partial charge in [-0.2, -0.15) is 0 Å². The van der Waals surface area contributed by atoms with Gasteiger partial charge < -0.3 is 19.2 Å². The van der Waals surface area contributed by atoms with E-state index < -0.39 is 0 Å². The molecular weight excluding hydrogens is 416 g/mol. The Morgan fingerprint density at radius 1 is 1.12 bits per heavy atom. The van der Waals surface area contributed by atoms with E-state index in [1.807, 2.05) is 29.2 Å². The van der Waals surface area contributed by atoms with Crippen molar-refractivity contribution in [3.63, 3.8) is 0 Å². The van der Waals surface area contributed by atoms with E-state index in [1.54, 1.807) is 0 Å². The molecule has 1 amide bonds. The first-order chi connectivity index (χ1) is 16.2. The molecule has 2 fully saturated rings. The molecule has 1 N–H and O–H groups in total. The summed E-state index contributed by atoms with van der Waals surface area (Å²) in [6.45, 7) is 6.72. The van der Waals surface area contributed by atoms with Gasteiger partial charge in [0.05, 0.1) is 18.3 Å². The summed E-state index contributed by atoms with van der Waals surface area (Å²) in [6.07, 6.45) is 9.46. The fourth-order valence-corrected chi connectivity index (χ4v) is 5.31. The number of aliphatic hydroxyl groups is 1. The second kappa shape index (κ2) is 12.0. The first kappa shape index (κ1) is 24.2. The molecule has 0 spiro atoms. The minimum atomic E-state index is 0.102. The van der Waals surface area contributed by atoms with E-state index >= 15 is 0 Å². The topological polar surface area (TPSA) is 66.2 Å². The predicted octanol–water partition coefficient (Wildman–Crippen LogP) is 4.63. The molecule has 6 heteroatoms. The number of carbonyl (C=O) groups excluding carboxylic acids is 1. The van der Waals surface area contributed by atoms with Crippen LogP contribution in [0.25, 0.3) is 11.0 Å². The number of unbranched alkanes of at least 4 members (excludes halogenated alkanes) is 1. The van der Waals surface area contributed by atoms with Gasteiger partial charge in [0.1, 0.15) is 11.3 Å². The fraction of sp³-hybridized carbons (Fsp3) is 0.667. The molecule has 2 aromatic rings. The lowest BCUT2D eigenvalue weighted by Gasteiger charge is -2.35. The van der Waals surface area contributed by atoms with Gasteiger partial charge in [-0.1, -0.05) is 38.0 Å². The van der Waals surface area contributed by atoms with Crippen LogP contribution in [0.3, 0.4) is 0 Å². The fourth-order valence-electron chi connectivity index (χ4n) is 5.31. The number of likely N-dealkylation sites (tertiary alicyclic amines) is 2. The van der Waals surface area contributed by atoms with Gasteiger partial charge in [0, 0.05) is 44.1 Å². The molecule has 2 saturated heterocycles. The van der Waals surface area contributed by atoms with E-state index in [4.69, 9.17) is 9.15 Å². The maximum Gasteiger partial charge on any atom is 0.258 e. The second-order valence-corrected chi connectivity index (χ2v) is 9.58. The lowest BCUT2D eigenvalue weighted by Crippen LogP contribution is -2.43. The highest BCUT2D eigenvalue weighted by atomic mass is 16.5. The SMILES string of the molecule is CCCCc1oc2ccccc2c1C(=O)N1CCC(OCCCN2CCCCC2CO)CC1. The largest absolute Gasteiger partial charge is 0.460 e. The minimum absolute atomic E-state index is 0.102. The van der Waals surface area contributed by atoms with Crippen molar-refractivity contribution >= 4 is 16.9 Å². The van der Waals surface area contributed by atoms with E-state index in [2.05, 4.69) is 11.8 Å². The highest BCUT2D eigenvalue weighted by Crippen LogP contribution is 2.29. The number of hydrogen-bond acceptors (Lipinski definition) is 5. The smallest absolute Gasteiger partial charge is 0.258 e. The number of ether oxygens (including phenoxy) is 1. The predicted molar refractivity (Wildman–Crippen MR) is 131 cm³/mol. The van der Waals surface area contributed by atoms with Gasteiger partial charge >= 0.3 is 0 Å². The Bertz CT molecular complexity index is 887. The molecule has 3 heterocycles. The molecule has 6 nitrogen and oxygen atoms in total. The van der Waals surface area contributed by atoms with Crippen molar-refractivity contribution in [3.8, 4) is 0 Å². The van der Waals surface area contributed by atoms with E-state index in [1.165, 1.54) is 12.8 Å². The highest BCUT2D eigenvalue weighted by Gasteiger charge is 2.29. The van der Waals surface area contributed by atoms with Gasteiger partial charge in [0.15, 0.2) is 0 Å². The van der Waals surface area contributed by atoms with Crippen molar-refractivity contribution in [2.24, 2.45) is 0 Å². The van der Waals surface area contributed by atoms with Crippen LogP contribution in [-0.4, -0.2) is 72.4 Å². The maximum atomic E-state index is 13.5. The number of fused-ring (bicyclic) bond motifs is 1. The molecule has 1 unspecified atom stereocenters. The number of piperidine rings is 2. The third-order valence-electron chi connectivity index (χ3n) is 7.27. The van der Waals surface area contributed by atoms with E-state index in [9.17, 15) is 9.90 Å². The summed E-state index contributed by atoms with van der Waals surface area (Å²) in [5.74, 6) is 0.935. The van der Waals surface area contributed by atoms with Crippen molar-refractivity contribution < 1.29 is 19.1 Å². The lowest BCUT2D eigenvalue weighted by molar-refractivity contribution is 0.00153. The summed E-state index contributed by atoms with van der Waals surface area (Å²) < 4.78 is 12.2. The van der Waals surface area contributed by atoms with Gasteiger partial charge in [0.2, 0.25) is 0 Å². The van der Waals surface area contributed by atoms with Gasteiger partial charge in [0.25, 0.3) is 5.91 Å². The summed E-state index contributed by atoms with van der Waals surface area (Å²) in [7, 11) is 0. The zero-order chi connectivity index (χ0) is 23.0. The lowest BCUT2D eigenvalue weighted by atomic mass is 10.0. The number of aliphatic hydroxyl groups excluding tert-OH is 1. The molecular formula is C27H40N2O4. The van der Waals surface area contributed by atoms with Crippen LogP contribution in [-0.2, 0) is 11.2 Å². The molecule has 1 aromatic heterocycles. The Hall–Kier alpha value is -1.89. The van der Waals surface area contributed by atoms with E-state index in [0.29, 0.717) is 6.04 Å². The minimum Gasteiger partial charge on any atom is -0.460 e. The molecule has 0 saturated carbocycles. The number of nitrogens with zero attached hydrogens (tertiary/aromatic N) is 2. The highest BCUT2D eigenvalue weighted by molar-refractivity contribution is 6.07. The molecule has 4 rings (SSSR count). The molecule has 2 aliphatic heterocycles. The Morgan fingerprint density at radius 2 is 1.94 bits per heavy atom. The standard InChI is InChI=1S/C27H40N2O4/c1-2-3-11-25-26(23-10-4-5-12-24(23)33-25)27(31)29-17-13-22(14-18-29)32-19-8-16-28-15-7-6-9-21(28)20-30/h4-5,10,12,21-22,30H,2-3,6-9,11,13-20H2,1H3. The maximum absolute atomic E-state index is 13.5. The molecule has 0 aliphatic carbocycles. The molecule has 2 aliphatic rings. The number of rotatable bonds is 10. The molecule has 1 atom stereocenters. The van der Waals surface area contributed by atoms with Gasteiger partial charge in [-0.3, -0.25) is 9.69 Å². The van der Waals surface area contributed by atoms with E-state index in [-0.39, 0.29) is 18.6 Å². The average Bonchev–Trinajstić information content (AvgIpc) is 3.23. The molecule has 0 bridgehead atoms. The van der Waals surface area contributed by atoms with Crippen LogP contribution in [0.1, 0.15) is 74.4 Å². The van der Waals surface area contributed by atoms with Crippen LogP contribution in [0, 0.1) is 0 Å². The zero-order valence-corrected chi connectivity index (χ0v) is 20.1. The zero-order valence-electron chi connectivity index (χ0n) is 20.1. The number of hydrogen-bond donors (Lipinski definition) is 1.